The molecule has 136 valence electrons. The summed E-state index contributed by atoms with van der Waals surface area (Å²) in [5.41, 5.74) is 3.16. The largest absolute Gasteiger partial charge is 0.469 e. The predicted molar refractivity (Wildman–Crippen MR) is 102 cm³/mol. The molecule has 26 heavy (non-hydrogen) atoms. The molecule has 1 atom stereocenters. The number of benzene rings is 1. The number of nitrogens with one attached hydrogen (secondary N) is 1. The van der Waals surface area contributed by atoms with Crippen LogP contribution in [0.1, 0.15) is 40.9 Å². The monoisotopic (exact) mass is 371 g/mol. The van der Waals surface area contributed by atoms with Crippen LogP contribution < -0.4 is 5.32 Å². The Morgan fingerprint density at radius 1 is 1.27 bits per heavy atom. The van der Waals surface area contributed by atoms with Crippen LogP contribution in [0, 0.1) is 13.8 Å². The molecule has 0 bridgehead atoms. The quantitative estimate of drug-likeness (QED) is 0.694. The van der Waals surface area contributed by atoms with Crippen molar-refractivity contribution in [1.29, 1.82) is 0 Å². The van der Waals surface area contributed by atoms with Crippen molar-refractivity contribution in [3.8, 4) is 5.69 Å². The zero-order chi connectivity index (χ0) is 18.7. The van der Waals surface area contributed by atoms with Crippen molar-refractivity contribution in [1.82, 2.24) is 15.1 Å². The van der Waals surface area contributed by atoms with E-state index in [9.17, 15) is 4.79 Å². The predicted octanol–water partition coefficient (Wildman–Crippen LogP) is 4.49. The highest BCUT2D eigenvalue weighted by Crippen LogP contribution is 2.22. The highest BCUT2D eigenvalue weighted by atomic mass is 35.5. The van der Waals surface area contributed by atoms with Crippen molar-refractivity contribution in [2.24, 2.45) is 0 Å². The average molecular weight is 372 g/mol. The molecule has 3 aromatic rings. The van der Waals surface area contributed by atoms with E-state index in [0.29, 0.717) is 10.6 Å². The number of rotatable bonds is 6. The summed E-state index contributed by atoms with van der Waals surface area (Å²) in [4.78, 5) is 12.4. The molecule has 0 aliphatic heterocycles. The average Bonchev–Trinajstić information content (AvgIpc) is 3.24. The summed E-state index contributed by atoms with van der Waals surface area (Å²) in [5, 5.41) is 8.11. The molecule has 0 saturated carbocycles. The maximum Gasteiger partial charge on any atom is 0.251 e. The molecule has 2 heterocycles. The minimum absolute atomic E-state index is 0.0575. The van der Waals surface area contributed by atoms with Crippen molar-refractivity contribution in [3.63, 3.8) is 0 Å². The van der Waals surface area contributed by atoms with Gasteiger partial charge in [0.25, 0.3) is 5.91 Å². The Hall–Kier alpha value is -2.53. The lowest BCUT2D eigenvalue weighted by Gasteiger charge is -2.13. The van der Waals surface area contributed by atoms with Gasteiger partial charge in [-0.3, -0.25) is 4.79 Å². The number of nitrogens with zero attached hydrogens (tertiary/aromatic N) is 2. The number of hydrogen-bond donors (Lipinski definition) is 1. The Morgan fingerprint density at radius 2 is 2.00 bits per heavy atom. The lowest BCUT2D eigenvalue weighted by atomic mass is 10.1. The second-order valence-corrected chi connectivity index (χ2v) is 6.81. The van der Waals surface area contributed by atoms with Crippen LogP contribution in [-0.2, 0) is 6.42 Å². The van der Waals surface area contributed by atoms with Crippen molar-refractivity contribution in [3.05, 3.63) is 70.4 Å². The first kappa shape index (κ1) is 18.3. The molecular weight excluding hydrogens is 350 g/mol. The SMILES string of the molecule is Cc1nn(-c2ccc(C(=O)NC(C)CCc3ccco3)cc2)c(C)c1Cl. The van der Waals surface area contributed by atoms with Gasteiger partial charge in [0.15, 0.2) is 0 Å². The summed E-state index contributed by atoms with van der Waals surface area (Å²) in [6.07, 6.45) is 3.28. The van der Waals surface area contributed by atoms with Gasteiger partial charge in [0.05, 0.1) is 28.4 Å². The molecule has 0 radical (unpaired) electrons. The van der Waals surface area contributed by atoms with E-state index >= 15 is 0 Å². The van der Waals surface area contributed by atoms with Gasteiger partial charge in [0.2, 0.25) is 0 Å². The third-order valence-electron chi connectivity index (χ3n) is 4.36. The summed E-state index contributed by atoms with van der Waals surface area (Å²) >= 11 is 6.20. The third-order valence-corrected chi connectivity index (χ3v) is 4.91. The maximum atomic E-state index is 12.4. The summed E-state index contributed by atoms with van der Waals surface area (Å²) in [6, 6.07) is 11.2. The van der Waals surface area contributed by atoms with Gasteiger partial charge in [-0.05, 0) is 63.6 Å². The van der Waals surface area contributed by atoms with E-state index in [0.717, 1.165) is 35.7 Å². The maximum absolute atomic E-state index is 12.4. The van der Waals surface area contributed by atoms with Crippen LogP contribution in [0.4, 0.5) is 0 Å². The van der Waals surface area contributed by atoms with Crippen molar-refractivity contribution >= 4 is 17.5 Å². The Labute approximate surface area is 158 Å². The van der Waals surface area contributed by atoms with E-state index in [1.807, 2.05) is 45.0 Å². The standard InChI is InChI=1S/C20H22ClN3O2/c1-13(6-11-18-5-4-12-26-18)22-20(25)16-7-9-17(10-8-16)24-15(3)19(21)14(2)23-24/h4-5,7-10,12-13H,6,11H2,1-3H3,(H,22,25). The van der Waals surface area contributed by atoms with Crippen molar-refractivity contribution in [2.75, 3.05) is 0 Å². The van der Waals surface area contributed by atoms with Gasteiger partial charge >= 0.3 is 0 Å². The molecule has 1 aromatic carbocycles. The molecule has 0 fully saturated rings. The van der Waals surface area contributed by atoms with Gasteiger partial charge in [-0.25, -0.2) is 4.68 Å². The first-order valence-electron chi connectivity index (χ1n) is 8.61. The Morgan fingerprint density at radius 3 is 2.58 bits per heavy atom. The topological polar surface area (TPSA) is 60.1 Å². The number of carbonyl (C=O) groups excluding carboxylic acids is 1. The number of carbonyl (C=O) groups is 1. The van der Waals surface area contributed by atoms with E-state index < -0.39 is 0 Å². The second kappa shape index (κ2) is 7.79. The molecule has 0 aliphatic carbocycles. The molecule has 1 amide bonds. The van der Waals surface area contributed by atoms with E-state index in [1.54, 1.807) is 23.1 Å². The Balaban J connectivity index is 1.62. The second-order valence-electron chi connectivity index (χ2n) is 6.44. The first-order chi connectivity index (χ1) is 12.5. The van der Waals surface area contributed by atoms with E-state index in [2.05, 4.69) is 10.4 Å². The third kappa shape index (κ3) is 3.99. The zero-order valence-electron chi connectivity index (χ0n) is 15.1. The summed E-state index contributed by atoms with van der Waals surface area (Å²) in [5.74, 6) is 0.842. The van der Waals surface area contributed by atoms with Gasteiger partial charge in [-0.2, -0.15) is 5.10 Å². The van der Waals surface area contributed by atoms with Crippen molar-refractivity contribution < 1.29 is 9.21 Å². The van der Waals surface area contributed by atoms with Crippen LogP contribution in [-0.4, -0.2) is 21.7 Å². The van der Waals surface area contributed by atoms with Gasteiger partial charge < -0.3 is 9.73 Å². The first-order valence-corrected chi connectivity index (χ1v) is 8.99. The molecule has 0 aliphatic rings. The summed E-state index contributed by atoms with van der Waals surface area (Å²) < 4.78 is 7.10. The van der Waals surface area contributed by atoms with E-state index in [4.69, 9.17) is 16.0 Å². The van der Waals surface area contributed by atoms with E-state index in [1.165, 1.54) is 0 Å². The molecule has 1 unspecified atom stereocenters. The minimum atomic E-state index is -0.0881. The Kier molecular flexibility index (Phi) is 5.47. The fourth-order valence-corrected chi connectivity index (χ4v) is 2.94. The van der Waals surface area contributed by atoms with Crippen LogP contribution in [0.25, 0.3) is 5.69 Å². The van der Waals surface area contributed by atoms with Gasteiger partial charge in [0.1, 0.15) is 5.76 Å². The number of amides is 1. The van der Waals surface area contributed by atoms with Gasteiger partial charge in [-0.1, -0.05) is 11.6 Å². The number of hydrogen-bond acceptors (Lipinski definition) is 3. The normalized spacial score (nSPS) is 12.2. The lowest BCUT2D eigenvalue weighted by molar-refractivity contribution is 0.0938. The van der Waals surface area contributed by atoms with Crippen molar-refractivity contribution in [2.45, 2.75) is 39.7 Å². The van der Waals surface area contributed by atoms with Crippen LogP contribution in [0.5, 0.6) is 0 Å². The molecular formula is C20H22ClN3O2. The minimum Gasteiger partial charge on any atom is -0.469 e. The summed E-state index contributed by atoms with van der Waals surface area (Å²) in [7, 11) is 0. The molecule has 0 saturated heterocycles. The van der Waals surface area contributed by atoms with E-state index in [-0.39, 0.29) is 11.9 Å². The number of halogens is 1. The molecule has 6 heteroatoms. The zero-order valence-corrected chi connectivity index (χ0v) is 15.9. The molecule has 1 N–H and O–H groups in total. The molecule has 3 rings (SSSR count). The lowest BCUT2D eigenvalue weighted by Crippen LogP contribution is -2.32. The van der Waals surface area contributed by atoms with Crippen LogP contribution in [0.15, 0.2) is 47.1 Å². The van der Waals surface area contributed by atoms with Crippen LogP contribution in [0.2, 0.25) is 5.02 Å². The Bertz CT molecular complexity index is 883. The molecule has 5 nitrogen and oxygen atoms in total. The fraction of sp³-hybridized carbons (Fsp3) is 0.300. The highest BCUT2D eigenvalue weighted by Gasteiger charge is 2.13. The number of furan rings is 1. The van der Waals surface area contributed by atoms with Crippen LogP contribution >= 0.6 is 11.6 Å². The van der Waals surface area contributed by atoms with Gasteiger partial charge in [0, 0.05) is 18.0 Å². The number of aryl methyl sites for hydroxylation is 2. The highest BCUT2D eigenvalue weighted by molar-refractivity contribution is 6.31. The molecule has 2 aromatic heterocycles. The fourth-order valence-electron chi connectivity index (χ4n) is 2.82. The molecule has 0 spiro atoms. The summed E-state index contributed by atoms with van der Waals surface area (Å²) in [6.45, 7) is 5.79. The number of aromatic nitrogens is 2. The smallest absolute Gasteiger partial charge is 0.251 e. The van der Waals surface area contributed by atoms with Gasteiger partial charge in [-0.15, -0.1) is 0 Å². The van der Waals surface area contributed by atoms with Crippen LogP contribution in [0.3, 0.4) is 0 Å².